The summed E-state index contributed by atoms with van der Waals surface area (Å²) in [7, 11) is 0. The van der Waals surface area contributed by atoms with Crippen LogP contribution in [-0.4, -0.2) is 67.7 Å². The number of nitrogens with zero attached hydrogens (tertiary/aromatic N) is 2. The van der Waals surface area contributed by atoms with E-state index in [4.69, 9.17) is 21.1 Å². The van der Waals surface area contributed by atoms with Crippen molar-refractivity contribution in [3.05, 3.63) is 29.3 Å². The molecule has 1 atom stereocenters. The maximum Gasteiger partial charge on any atom is 0.251 e. The van der Waals surface area contributed by atoms with E-state index < -0.39 is 0 Å². The van der Waals surface area contributed by atoms with Crippen molar-refractivity contribution in [3.8, 4) is 5.75 Å². The minimum atomic E-state index is -0.201. The van der Waals surface area contributed by atoms with Gasteiger partial charge < -0.3 is 14.4 Å². The van der Waals surface area contributed by atoms with Crippen LogP contribution in [0.1, 0.15) is 12.8 Å². The number of ether oxygens (including phenoxy) is 2. The molecule has 5 nitrogen and oxygen atoms in total. The third kappa shape index (κ3) is 4.59. The van der Waals surface area contributed by atoms with Gasteiger partial charge in [0.2, 0.25) is 0 Å². The third-order valence-corrected chi connectivity index (χ3v) is 4.60. The molecule has 0 saturated carbocycles. The first kappa shape index (κ1) is 16.6. The fourth-order valence-corrected chi connectivity index (χ4v) is 3.20. The first-order valence-corrected chi connectivity index (χ1v) is 8.61. The Balaban J connectivity index is 1.36. The monoisotopic (exact) mass is 338 g/mol. The summed E-state index contributed by atoms with van der Waals surface area (Å²) in [5, 5.41) is 0.684. The Bertz CT molecular complexity index is 526. The van der Waals surface area contributed by atoms with E-state index in [1.54, 1.807) is 0 Å². The second-order valence-electron chi connectivity index (χ2n) is 5.97. The Hall–Kier alpha value is -1.30. The molecule has 0 N–H and O–H groups in total. The zero-order valence-corrected chi connectivity index (χ0v) is 14.0. The lowest BCUT2D eigenvalue weighted by Gasteiger charge is -2.35. The molecule has 2 saturated heterocycles. The van der Waals surface area contributed by atoms with Crippen LogP contribution in [0.3, 0.4) is 0 Å². The highest BCUT2D eigenvalue weighted by Gasteiger charge is 2.30. The predicted octanol–water partition coefficient (Wildman–Crippen LogP) is 2.04. The van der Waals surface area contributed by atoms with Crippen LogP contribution >= 0.6 is 11.6 Å². The van der Waals surface area contributed by atoms with Crippen molar-refractivity contribution >= 4 is 17.5 Å². The summed E-state index contributed by atoms with van der Waals surface area (Å²) in [6.45, 7) is 5.52. The van der Waals surface area contributed by atoms with Gasteiger partial charge in [0.05, 0.1) is 0 Å². The maximum absolute atomic E-state index is 12.3. The molecule has 2 heterocycles. The normalized spacial score (nSPS) is 22.3. The van der Waals surface area contributed by atoms with Gasteiger partial charge >= 0.3 is 0 Å². The van der Waals surface area contributed by atoms with E-state index >= 15 is 0 Å². The molecule has 6 heteroatoms. The number of hydrogen-bond acceptors (Lipinski definition) is 4. The van der Waals surface area contributed by atoms with Crippen molar-refractivity contribution in [2.75, 3.05) is 45.9 Å². The van der Waals surface area contributed by atoms with E-state index in [0.717, 1.165) is 57.9 Å². The van der Waals surface area contributed by atoms with Gasteiger partial charge in [-0.2, -0.15) is 0 Å². The first-order chi connectivity index (χ1) is 11.2. The van der Waals surface area contributed by atoms with E-state index in [2.05, 4.69) is 4.90 Å². The van der Waals surface area contributed by atoms with Crippen molar-refractivity contribution < 1.29 is 14.3 Å². The van der Waals surface area contributed by atoms with Crippen molar-refractivity contribution in [2.45, 2.75) is 18.9 Å². The SMILES string of the molecule is O=C(C1CCCO1)N1CCN(CCOc2cccc(Cl)c2)CC1. The van der Waals surface area contributed by atoms with Crippen molar-refractivity contribution in [3.63, 3.8) is 0 Å². The Labute approximate surface area is 142 Å². The summed E-state index contributed by atoms with van der Waals surface area (Å²) in [4.78, 5) is 16.5. The van der Waals surface area contributed by atoms with Crippen molar-refractivity contribution in [1.82, 2.24) is 9.80 Å². The number of halogens is 1. The van der Waals surface area contributed by atoms with Gasteiger partial charge in [0.15, 0.2) is 0 Å². The largest absolute Gasteiger partial charge is 0.492 e. The molecule has 1 amide bonds. The van der Waals surface area contributed by atoms with E-state index in [1.165, 1.54) is 0 Å². The van der Waals surface area contributed by atoms with E-state index in [1.807, 2.05) is 29.2 Å². The van der Waals surface area contributed by atoms with Gasteiger partial charge in [0.25, 0.3) is 5.91 Å². The lowest BCUT2D eigenvalue weighted by atomic mass is 10.2. The fourth-order valence-electron chi connectivity index (χ4n) is 3.02. The second-order valence-corrected chi connectivity index (χ2v) is 6.41. The molecule has 2 aliphatic rings. The van der Waals surface area contributed by atoms with E-state index in [-0.39, 0.29) is 12.0 Å². The van der Waals surface area contributed by atoms with Gasteiger partial charge in [-0.1, -0.05) is 17.7 Å². The van der Waals surface area contributed by atoms with Crippen LogP contribution in [0.2, 0.25) is 5.02 Å². The molecule has 3 rings (SSSR count). The number of amides is 1. The molecule has 2 fully saturated rings. The lowest BCUT2D eigenvalue weighted by molar-refractivity contribution is -0.142. The molecule has 0 aromatic heterocycles. The fraction of sp³-hybridized carbons (Fsp3) is 0.588. The first-order valence-electron chi connectivity index (χ1n) is 8.23. The summed E-state index contributed by atoms with van der Waals surface area (Å²) in [5.41, 5.74) is 0. The second kappa shape index (κ2) is 7.99. The minimum Gasteiger partial charge on any atom is -0.492 e. The number of carbonyl (C=O) groups excluding carboxylic acids is 1. The summed E-state index contributed by atoms with van der Waals surface area (Å²) in [5.74, 6) is 0.960. The summed E-state index contributed by atoms with van der Waals surface area (Å²) >= 11 is 5.93. The molecule has 23 heavy (non-hydrogen) atoms. The summed E-state index contributed by atoms with van der Waals surface area (Å²) in [6.07, 6.45) is 1.66. The predicted molar refractivity (Wildman–Crippen MR) is 88.9 cm³/mol. The summed E-state index contributed by atoms with van der Waals surface area (Å²) < 4.78 is 11.2. The van der Waals surface area contributed by atoms with Gasteiger partial charge in [0.1, 0.15) is 18.5 Å². The Morgan fingerprint density at radius 1 is 1.30 bits per heavy atom. The molecular weight excluding hydrogens is 316 g/mol. The third-order valence-electron chi connectivity index (χ3n) is 4.36. The van der Waals surface area contributed by atoms with Gasteiger partial charge in [-0.05, 0) is 31.0 Å². The van der Waals surface area contributed by atoms with Crippen LogP contribution in [0.5, 0.6) is 5.75 Å². The van der Waals surface area contributed by atoms with Gasteiger partial charge in [-0.15, -0.1) is 0 Å². The van der Waals surface area contributed by atoms with Crippen LogP contribution in [0, 0.1) is 0 Å². The van der Waals surface area contributed by atoms with Crippen molar-refractivity contribution in [2.24, 2.45) is 0 Å². The average molecular weight is 339 g/mol. The molecule has 0 spiro atoms. The Morgan fingerprint density at radius 3 is 2.83 bits per heavy atom. The highest BCUT2D eigenvalue weighted by molar-refractivity contribution is 6.30. The molecular formula is C17H23ClN2O3. The quantitative estimate of drug-likeness (QED) is 0.824. The molecule has 2 aliphatic heterocycles. The Kier molecular flexibility index (Phi) is 5.75. The smallest absolute Gasteiger partial charge is 0.251 e. The minimum absolute atomic E-state index is 0.164. The number of hydrogen-bond donors (Lipinski definition) is 0. The van der Waals surface area contributed by atoms with Crippen LogP contribution in [-0.2, 0) is 9.53 Å². The Morgan fingerprint density at radius 2 is 2.13 bits per heavy atom. The van der Waals surface area contributed by atoms with Crippen LogP contribution in [0.25, 0.3) is 0 Å². The highest BCUT2D eigenvalue weighted by atomic mass is 35.5. The van der Waals surface area contributed by atoms with Gasteiger partial charge in [0, 0.05) is 44.4 Å². The molecule has 0 radical (unpaired) electrons. The molecule has 1 unspecified atom stereocenters. The molecule has 0 aliphatic carbocycles. The molecule has 126 valence electrons. The van der Waals surface area contributed by atoms with Crippen molar-refractivity contribution in [1.29, 1.82) is 0 Å². The number of carbonyl (C=O) groups is 1. The lowest BCUT2D eigenvalue weighted by Crippen LogP contribution is -2.52. The summed E-state index contributed by atoms with van der Waals surface area (Å²) in [6, 6.07) is 7.44. The molecule has 0 bridgehead atoms. The van der Waals surface area contributed by atoms with Gasteiger partial charge in [-0.25, -0.2) is 0 Å². The van der Waals surface area contributed by atoms with Crippen LogP contribution in [0.4, 0.5) is 0 Å². The zero-order chi connectivity index (χ0) is 16.1. The standard InChI is InChI=1S/C17H23ClN2O3/c18-14-3-1-4-15(13-14)22-12-10-19-6-8-20(9-7-19)17(21)16-5-2-11-23-16/h1,3-4,13,16H,2,5-12H2. The number of piperazine rings is 1. The van der Waals surface area contributed by atoms with Crippen LogP contribution < -0.4 is 4.74 Å². The average Bonchev–Trinajstić information content (AvgIpc) is 3.09. The number of rotatable bonds is 5. The number of benzene rings is 1. The zero-order valence-electron chi connectivity index (χ0n) is 13.2. The van der Waals surface area contributed by atoms with E-state index in [9.17, 15) is 4.79 Å². The van der Waals surface area contributed by atoms with Gasteiger partial charge in [-0.3, -0.25) is 9.69 Å². The maximum atomic E-state index is 12.3. The highest BCUT2D eigenvalue weighted by Crippen LogP contribution is 2.18. The topological polar surface area (TPSA) is 42.0 Å². The molecule has 1 aromatic rings. The van der Waals surface area contributed by atoms with Crippen LogP contribution in [0.15, 0.2) is 24.3 Å². The van der Waals surface area contributed by atoms with E-state index in [0.29, 0.717) is 11.6 Å². The molecule has 1 aromatic carbocycles.